The number of amides is 6. The van der Waals surface area contributed by atoms with Gasteiger partial charge in [-0.15, -0.1) is 0 Å². The highest BCUT2D eigenvalue weighted by Gasteiger charge is 2.60. The zero-order chi connectivity index (χ0) is 75.6. The van der Waals surface area contributed by atoms with Crippen molar-refractivity contribution in [2.45, 2.75) is 205 Å². The number of nitrogens with two attached hydrogens (primary N) is 1. The first-order valence-electron chi connectivity index (χ1n) is 35.6. The highest BCUT2D eigenvalue weighted by molar-refractivity contribution is 6.59. The van der Waals surface area contributed by atoms with Crippen molar-refractivity contribution < 1.29 is 93.1 Å². The molecule has 17 N–H and O–H groups in total. The number of aliphatic carboxylic acids is 2. The summed E-state index contributed by atoms with van der Waals surface area (Å²) >= 11 is 0. The van der Waals surface area contributed by atoms with Gasteiger partial charge in [-0.1, -0.05) is 27.2 Å². The Kier molecular flexibility index (Phi) is 34.1. The van der Waals surface area contributed by atoms with Crippen LogP contribution in [-0.4, -0.2) is 197 Å². The topological polar surface area (TPSA) is 513 Å². The number of rotatable bonds is 40. The van der Waals surface area contributed by atoms with E-state index >= 15 is 0 Å². The Morgan fingerprint density at radius 1 is 0.578 bits per heavy atom. The van der Waals surface area contributed by atoms with E-state index in [1.54, 1.807) is 14.1 Å². The van der Waals surface area contributed by atoms with Crippen LogP contribution in [0.15, 0.2) is 36.4 Å². The van der Waals surface area contributed by atoms with Gasteiger partial charge in [-0.2, -0.15) is 0 Å². The number of nitrogens with one attached hydrogen (secondary N) is 8. The summed E-state index contributed by atoms with van der Waals surface area (Å²) < 4.78 is 4.75. The average Bonchev–Trinajstić information content (AvgIpc) is 1.41. The van der Waals surface area contributed by atoms with Crippen LogP contribution in [0.3, 0.4) is 0 Å². The minimum Gasteiger partial charge on any atom is -0.480 e. The third-order valence-electron chi connectivity index (χ3n) is 21.8. The second kappa shape index (κ2) is 40.9. The number of carboxylic acid groups (broad SMARTS) is 2. The molecule has 4 aliphatic rings. The molecular weight excluding hydrogens is 1330 g/mol. The molecule has 102 heavy (non-hydrogen) atoms. The maximum Gasteiger partial charge on any atom is 0.488 e. The Morgan fingerprint density at radius 3 is 1.57 bits per heavy atom. The third kappa shape index (κ3) is 24.5. The highest BCUT2D eigenvalue weighted by Crippen LogP contribution is 2.68. The van der Waals surface area contributed by atoms with Crippen LogP contribution in [0.1, 0.15) is 189 Å². The fraction of sp³-hybridized carbons (Fsp3) is 0.691. The van der Waals surface area contributed by atoms with Crippen molar-refractivity contribution in [3.63, 3.8) is 0 Å². The molecule has 566 valence electrons. The SMILES string of the molecule is CNC(CCCCN)C(=O)NC(CCCNC(=O)c1cc(B(O)O)cc([N+](=O)[O-])c1)C(=O)OC.CNC(CCCCNC(=O)CCC(NC(=O)CCC(C)C1CCC2C3CCC4CC(O)CC[C@@]4(C)C3CC[C@@]12C)C(=O)O)C(=O)NC(CCCNC(=O)c1cc(B(O)O)cc([N+](=O)[O-])c1)C(=O)O. The number of benzene rings is 2. The normalized spacial score (nSPS) is 22.8. The number of fused-ring (bicyclic) bond motifs is 5. The number of aliphatic hydroxyl groups is 1. The predicted molar refractivity (Wildman–Crippen MR) is 376 cm³/mol. The van der Waals surface area contributed by atoms with E-state index in [9.17, 15) is 98.8 Å². The molecule has 14 atom stereocenters. The summed E-state index contributed by atoms with van der Waals surface area (Å²) in [5, 5.41) is 111. The lowest BCUT2D eigenvalue weighted by atomic mass is 9.44. The number of non-ortho nitro benzene ring substituents is 2. The zero-order valence-electron chi connectivity index (χ0n) is 59.5. The minimum absolute atomic E-state index is 0.0412. The summed E-state index contributed by atoms with van der Waals surface area (Å²) in [5.74, 6) is -2.58. The van der Waals surface area contributed by atoms with Crippen LogP contribution in [0.25, 0.3) is 0 Å². The number of unbranched alkanes of at least 4 members (excludes halogenated alkanes) is 2. The van der Waals surface area contributed by atoms with Gasteiger partial charge in [0.05, 0.1) is 35.1 Å². The van der Waals surface area contributed by atoms with E-state index in [0.29, 0.717) is 67.7 Å². The molecule has 6 rings (SSSR count). The van der Waals surface area contributed by atoms with Crippen LogP contribution in [0.2, 0.25) is 0 Å². The van der Waals surface area contributed by atoms with E-state index in [-0.39, 0.29) is 116 Å². The minimum atomic E-state index is -2.04. The van der Waals surface area contributed by atoms with Gasteiger partial charge in [-0.3, -0.25) is 49.0 Å². The molecule has 32 nitrogen and oxygen atoms in total. The lowest BCUT2D eigenvalue weighted by molar-refractivity contribution is -0.385. The maximum absolute atomic E-state index is 13.1. The lowest BCUT2D eigenvalue weighted by Crippen LogP contribution is -2.54. The van der Waals surface area contributed by atoms with E-state index in [4.69, 9.17) is 10.5 Å². The molecule has 6 amide bonds. The molecule has 2 aromatic carbocycles. The van der Waals surface area contributed by atoms with Crippen LogP contribution < -0.4 is 59.2 Å². The second-order valence-electron chi connectivity index (χ2n) is 28.3. The standard InChI is InChI=1S/C48H75BN6O13.C20H32BN5O8/c1-28(35-13-14-36-34-12-11-30-26-33(56)18-20-47(30,2)37(34)19-21-48(35,36)3)10-16-42(58)53-40(46(63)64)15-17-41(57)51-22-6-5-8-38(50-4)44(60)54-39(45(61)62)9-7-23-52-43(59)29-24-31(49(65)66)27-32(25-29)55(67)68;1-23-16(6-3-4-8-22)19(28)25-17(20(29)34-2)7-5-9-24-18(27)13-10-14(21(30)31)12-15(11-13)26(32)33/h24-25,27-28,30,33-40,50,56,65-66H,5-23,26H2,1-4H3,(H,51,57)(H,52,59)(H,53,58)(H,54,60)(H,61,62)(H,63,64);10-12,16-17,23,30-31H,3-9,22H2,1-2H3,(H,24,27)(H,25,28)/t28?,30?,33?,34?,35?,36?,37?,38?,39?,40?,47-,48+;/m1./s1. The number of ether oxygens (including phenoxy) is 1. The number of methoxy groups -OCH3 is 1. The fourth-order valence-electron chi connectivity index (χ4n) is 16.1. The van der Waals surface area contributed by atoms with Gasteiger partial charge < -0.3 is 88.4 Å². The van der Waals surface area contributed by atoms with Crippen molar-refractivity contribution in [2.24, 2.45) is 52.1 Å². The van der Waals surface area contributed by atoms with Crippen molar-refractivity contribution in [3.8, 4) is 0 Å². The molecule has 0 aromatic heterocycles. The van der Waals surface area contributed by atoms with Crippen LogP contribution in [0.5, 0.6) is 0 Å². The molecule has 0 bridgehead atoms. The molecule has 4 aliphatic carbocycles. The summed E-state index contributed by atoms with van der Waals surface area (Å²) in [5.41, 5.74) is 4.29. The van der Waals surface area contributed by atoms with Crippen LogP contribution in [0, 0.1) is 66.6 Å². The summed E-state index contributed by atoms with van der Waals surface area (Å²) in [4.78, 5) is 133. The van der Waals surface area contributed by atoms with Gasteiger partial charge in [-0.05, 0) is 218 Å². The van der Waals surface area contributed by atoms with Gasteiger partial charge in [-0.25, -0.2) is 14.4 Å². The quantitative estimate of drug-likeness (QED) is 0.0146. The molecule has 0 saturated heterocycles. The Balaban J connectivity index is 0.000000462. The zero-order valence-corrected chi connectivity index (χ0v) is 59.5. The molecule has 4 saturated carbocycles. The molecule has 0 aliphatic heterocycles. The summed E-state index contributed by atoms with van der Waals surface area (Å²) in [6, 6.07) is 1.43. The number of hydrogen-bond acceptors (Lipinski definition) is 22. The first-order valence-corrected chi connectivity index (χ1v) is 35.6. The third-order valence-corrected chi connectivity index (χ3v) is 21.8. The van der Waals surface area contributed by atoms with E-state index in [1.165, 1.54) is 39.2 Å². The van der Waals surface area contributed by atoms with Gasteiger partial charge in [0.2, 0.25) is 23.6 Å². The highest BCUT2D eigenvalue weighted by atomic mass is 16.6. The summed E-state index contributed by atoms with van der Waals surface area (Å²) in [6.45, 7) is 8.07. The predicted octanol–water partition coefficient (Wildman–Crippen LogP) is 1.17. The maximum atomic E-state index is 13.1. The van der Waals surface area contributed by atoms with E-state index in [0.717, 1.165) is 86.8 Å². The number of esters is 1. The molecule has 34 heteroatoms. The molecule has 2 aromatic rings. The number of likely N-dealkylation sites (N-methyl/N-ethyl adjacent to an activating group) is 2. The van der Waals surface area contributed by atoms with Gasteiger partial charge >= 0.3 is 32.1 Å². The Morgan fingerprint density at radius 2 is 1.06 bits per heavy atom. The van der Waals surface area contributed by atoms with E-state index in [1.807, 2.05) is 0 Å². The van der Waals surface area contributed by atoms with Crippen molar-refractivity contribution in [1.82, 2.24) is 42.5 Å². The average molecular weight is 1440 g/mol. The first-order chi connectivity index (χ1) is 48.3. The van der Waals surface area contributed by atoms with Crippen molar-refractivity contribution in [1.29, 1.82) is 0 Å². The number of hydrogen-bond donors (Lipinski definition) is 16. The van der Waals surface area contributed by atoms with Crippen LogP contribution in [-0.2, 0) is 38.3 Å². The molecule has 0 heterocycles. The smallest absolute Gasteiger partial charge is 0.480 e. The largest absolute Gasteiger partial charge is 0.488 e. The number of nitrogens with zero attached hydrogens (tertiary/aromatic N) is 2. The monoisotopic (exact) mass is 1440 g/mol. The number of carbonyl (C=O) groups is 9. The van der Waals surface area contributed by atoms with Gasteiger partial charge in [0, 0.05) is 67.9 Å². The Labute approximate surface area is 595 Å². The summed E-state index contributed by atoms with van der Waals surface area (Å²) in [7, 11) is 0.378. The molecule has 0 radical (unpaired) electrons. The van der Waals surface area contributed by atoms with Gasteiger partial charge in [0.1, 0.15) is 18.1 Å². The van der Waals surface area contributed by atoms with Gasteiger partial charge in [0.25, 0.3) is 23.2 Å². The second-order valence-corrected chi connectivity index (χ2v) is 28.3. The number of nitro benzene ring substituents is 2. The number of aliphatic hydroxyl groups excluding tert-OH is 1. The molecule has 12 unspecified atom stereocenters. The van der Waals surface area contributed by atoms with Gasteiger partial charge in [0.15, 0.2) is 0 Å². The molecule has 4 fully saturated rings. The van der Waals surface area contributed by atoms with E-state index in [2.05, 4.69) is 63.3 Å². The van der Waals surface area contributed by atoms with Crippen LogP contribution >= 0.6 is 0 Å². The van der Waals surface area contributed by atoms with E-state index < -0.39 is 101 Å². The number of nitro groups is 2. The molecule has 0 spiro atoms. The number of carboxylic acids is 2. The molecular formula is C68H107B2N11O21. The van der Waals surface area contributed by atoms with Crippen molar-refractivity contribution in [3.05, 3.63) is 67.8 Å². The fourth-order valence-corrected chi connectivity index (χ4v) is 16.1. The van der Waals surface area contributed by atoms with Crippen LogP contribution in [0.4, 0.5) is 11.4 Å². The van der Waals surface area contributed by atoms with Crippen molar-refractivity contribution in [2.75, 3.05) is 47.4 Å². The first kappa shape index (κ1) is 84.9. The summed E-state index contributed by atoms with van der Waals surface area (Å²) in [6.07, 6.45) is 14.7. The lowest BCUT2D eigenvalue weighted by Gasteiger charge is -2.61. The Bertz CT molecular complexity index is 3210. The number of carbonyl (C=O) groups excluding carboxylic acids is 7. The Hall–Kier alpha value is -7.72. The van der Waals surface area contributed by atoms with Crippen molar-refractivity contribution >= 4 is 89.9 Å².